The Bertz CT molecular complexity index is 367. The van der Waals surface area contributed by atoms with Crippen molar-refractivity contribution in [1.82, 2.24) is 5.32 Å². The van der Waals surface area contributed by atoms with Crippen LogP contribution >= 0.6 is 0 Å². The van der Waals surface area contributed by atoms with Crippen LogP contribution in [0.15, 0.2) is 24.3 Å². The van der Waals surface area contributed by atoms with Crippen molar-refractivity contribution in [3.63, 3.8) is 0 Å². The topological polar surface area (TPSA) is 50.7 Å². The van der Waals surface area contributed by atoms with Gasteiger partial charge in [0.15, 0.2) is 0 Å². The van der Waals surface area contributed by atoms with Crippen molar-refractivity contribution in [3.05, 3.63) is 29.8 Å². The Morgan fingerprint density at radius 1 is 1.26 bits per heavy atom. The largest absolute Gasteiger partial charge is 0.573 e. The fourth-order valence-electron chi connectivity index (χ4n) is 1.52. The second-order valence-corrected chi connectivity index (χ2v) is 3.80. The average Bonchev–Trinajstić information content (AvgIpc) is 2.34. The predicted molar refractivity (Wildman–Crippen MR) is 62.8 cm³/mol. The average molecular weight is 279 g/mol. The summed E-state index contributed by atoms with van der Waals surface area (Å²) in [4.78, 5) is 0. The molecule has 4 nitrogen and oxygen atoms in total. The maximum Gasteiger partial charge on any atom is 0.573 e. The first-order chi connectivity index (χ1) is 8.96. The lowest BCUT2D eigenvalue weighted by atomic mass is 10.1. The Balaban J connectivity index is 2.62. The minimum atomic E-state index is -4.70. The molecule has 0 aliphatic rings. The van der Waals surface area contributed by atoms with Crippen molar-refractivity contribution in [1.29, 1.82) is 0 Å². The molecule has 19 heavy (non-hydrogen) atoms. The molecule has 7 heteroatoms. The van der Waals surface area contributed by atoms with E-state index >= 15 is 0 Å². The van der Waals surface area contributed by atoms with Gasteiger partial charge in [-0.1, -0.05) is 12.1 Å². The molecule has 1 aromatic rings. The summed E-state index contributed by atoms with van der Waals surface area (Å²) in [6, 6.07) is 5.02. The first-order valence-electron chi connectivity index (χ1n) is 5.65. The SMILES string of the molecule is COCCNC(CO)c1ccc(OC(F)(F)F)cc1. The highest BCUT2D eigenvalue weighted by atomic mass is 19.4. The van der Waals surface area contributed by atoms with Crippen LogP contribution in [0.2, 0.25) is 0 Å². The maximum atomic E-state index is 12.0. The van der Waals surface area contributed by atoms with Gasteiger partial charge in [0.1, 0.15) is 5.75 Å². The zero-order valence-corrected chi connectivity index (χ0v) is 10.4. The van der Waals surface area contributed by atoms with Crippen LogP contribution in [0.5, 0.6) is 5.75 Å². The van der Waals surface area contributed by atoms with E-state index in [1.807, 2.05) is 0 Å². The van der Waals surface area contributed by atoms with Crippen LogP contribution < -0.4 is 10.1 Å². The second kappa shape index (κ2) is 7.32. The number of halogens is 3. The van der Waals surface area contributed by atoms with E-state index in [0.717, 1.165) is 0 Å². The summed E-state index contributed by atoms with van der Waals surface area (Å²) in [5.41, 5.74) is 0.674. The van der Waals surface area contributed by atoms with Gasteiger partial charge in [0.05, 0.1) is 19.3 Å². The molecule has 0 aromatic heterocycles. The molecule has 0 amide bonds. The normalized spacial score (nSPS) is 13.3. The third-order valence-electron chi connectivity index (χ3n) is 2.40. The molecule has 1 atom stereocenters. The molecule has 108 valence electrons. The van der Waals surface area contributed by atoms with Gasteiger partial charge in [0.25, 0.3) is 0 Å². The molecule has 1 rings (SSSR count). The fraction of sp³-hybridized carbons (Fsp3) is 0.500. The van der Waals surface area contributed by atoms with E-state index in [9.17, 15) is 18.3 Å². The Hall–Kier alpha value is -1.31. The summed E-state index contributed by atoms with van der Waals surface area (Å²) in [7, 11) is 1.55. The van der Waals surface area contributed by atoms with Crippen molar-refractivity contribution in [2.24, 2.45) is 0 Å². The van der Waals surface area contributed by atoms with Gasteiger partial charge in [0.2, 0.25) is 0 Å². The van der Waals surface area contributed by atoms with Crippen molar-refractivity contribution in [2.75, 3.05) is 26.9 Å². The van der Waals surface area contributed by atoms with Crippen LogP contribution in [-0.4, -0.2) is 38.3 Å². The minimum Gasteiger partial charge on any atom is -0.406 e. The number of ether oxygens (including phenoxy) is 2. The fourth-order valence-corrected chi connectivity index (χ4v) is 1.52. The smallest absolute Gasteiger partial charge is 0.406 e. The van der Waals surface area contributed by atoms with Gasteiger partial charge in [0, 0.05) is 13.7 Å². The number of hydrogen-bond acceptors (Lipinski definition) is 4. The van der Waals surface area contributed by atoms with Crippen molar-refractivity contribution >= 4 is 0 Å². The number of alkyl halides is 3. The molecule has 0 aliphatic heterocycles. The van der Waals surface area contributed by atoms with E-state index in [2.05, 4.69) is 10.1 Å². The highest BCUT2D eigenvalue weighted by Gasteiger charge is 2.31. The monoisotopic (exact) mass is 279 g/mol. The van der Waals surface area contributed by atoms with Gasteiger partial charge in [-0.3, -0.25) is 0 Å². The summed E-state index contributed by atoms with van der Waals surface area (Å²) in [6.07, 6.45) is -4.70. The predicted octanol–water partition coefficient (Wildman–Crippen LogP) is 1.85. The van der Waals surface area contributed by atoms with Gasteiger partial charge >= 0.3 is 6.36 Å². The van der Waals surface area contributed by atoms with Gasteiger partial charge < -0.3 is 19.9 Å². The first kappa shape index (κ1) is 15.7. The van der Waals surface area contributed by atoms with E-state index in [1.54, 1.807) is 7.11 Å². The van der Waals surface area contributed by atoms with Gasteiger partial charge in [-0.2, -0.15) is 0 Å². The Kier molecular flexibility index (Phi) is 6.07. The van der Waals surface area contributed by atoms with Gasteiger partial charge in [-0.25, -0.2) is 0 Å². The van der Waals surface area contributed by atoms with E-state index in [0.29, 0.717) is 18.7 Å². The van der Waals surface area contributed by atoms with Crippen LogP contribution in [0, 0.1) is 0 Å². The molecule has 0 fully saturated rings. The number of rotatable bonds is 7. The zero-order valence-electron chi connectivity index (χ0n) is 10.4. The third kappa shape index (κ3) is 5.91. The number of methoxy groups -OCH3 is 1. The molecule has 0 radical (unpaired) electrons. The molecular formula is C12H16F3NO3. The first-order valence-corrected chi connectivity index (χ1v) is 5.65. The Labute approximate surface area is 109 Å². The molecule has 0 saturated carbocycles. The summed E-state index contributed by atoms with van der Waals surface area (Å²) >= 11 is 0. The van der Waals surface area contributed by atoms with Crippen LogP contribution in [0.3, 0.4) is 0 Å². The lowest BCUT2D eigenvalue weighted by Crippen LogP contribution is -2.27. The van der Waals surface area contributed by atoms with Crippen molar-refractivity contribution < 1.29 is 27.8 Å². The summed E-state index contributed by atoms with van der Waals surface area (Å²) in [5.74, 6) is -0.287. The number of hydrogen-bond donors (Lipinski definition) is 2. The number of aliphatic hydroxyl groups excluding tert-OH is 1. The highest BCUT2D eigenvalue weighted by Crippen LogP contribution is 2.24. The minimum absolute atomic E-state index is 0.164. The van der Waals surface area contributed by atoms with Gasteiger partial charge in [-0.15, -0.1) is 13.2 Å². The molecule has 0 bridgehead atoms. The van der Waals surface area contributed by atoms with Crippen LogP contribution in [0.4, 0.5) is 13.2 Å². The van der Waals surface area contributed by atoms with E-state index in [1.165, 1.54) is 24.3 Å². The quantitative estimate of drug-likeness (QED) is 0.748. The van der Waals surface area contributed by atoms with Crippen molar-refractivity contribution in [3.8, 4) is 5.75 Å². The zero-order chi connectivity index (χ0) is 14.3. The third-order valence-corrected chi connectivity index (χ3v) is 2.40. The molecule has 2 N–H and O–H groups in total. The van der Waals surface area contributed by atoms with Gasteiger partial charge in [-0.05, 0) is 17.7 Å². The highest BCUT2D eigenvalue weighted by molar-refractivity contribution is 5.29. The van der Waals surface area contributed by atoms with E-state index in [-0.39, 0.29) is 18.4 Å². The number of benzene rings is 1. The van der Waals surface area contributed by atoms with Crippen LogP contribution in [0.1, 0.15) is 11.6 Å². The van der Waals surface area contributed by atoms with Crippen LogP contribution in [0.25, 0.3) is 0 Å². The summed E-state index contributed by atoms with van der Waals surface area (Å²) < 4.78 is 44.6. The summed E-state index contributed by atoms with van der Waals surface area (Å²) in [6.45, 7) is 0.845. The van der Waals surface area contributed by atoms with Crippen LogP contribution in [-0.2, 0) is 4.74 Å². The summed E-state index contributed by atoms with van der Waals surface area (Å²) in [5, 5.41) is 12.2. The van der Waals surface area contributed by atoms with E-state index < -0.39 is 6.36 Å². The Morgan fingerprint density at radius 3 is 2.37 bits per heavy atom. The molecule has 0 aliphatic carbocycles. The van der Waals surface area contributed by atoms with E-state index in [4.69, 9.17) is 4.74 Å². The second-order valence-electron chi connectivity index (χ2n) is 3.80. The molecule has 0 saturated heterocycles. The lowest BCUT2D eigenvalue weighted by Gasteiger charge is -2.17. The molecule has 0 spiro atoms. The molecule has 1 aromatic carbocycles. The van der Waals surface area contributed by atoms with Crippen molar-refractivity contribution in [2.45, 2.75) is 12.4 Å². The molecular weight excluding hydrogens is 263 g/mol. The molecule has 1 unspecified atom stereocenters. The number of aliphatic hydroxyl groups is 1. The number of nitrogens with one attached hydrogen (secondary N) is 1. The molecule has 0 heterocycles. The standard InChI is InChI=1S/C12H16F3NO3/c1-18-7-6-16-11(8-17)9-2-4-10(5-3-9)19-12(13,14)15/h2-5,11,16-17H,6-8H2,1H3. The Morgan fingerprint density at radius 2 is 1.89 bits per heavy atom. The maximum absolute atomic E-state index is 12.0. The lowest BCUT2D eigenvalue weighted by molar-refractivity contribution is -0.274.